The Bertz CT molecular complexity index is 934. The van der Waals surface area contributed by atoms with Crippen molar-refractivity contribution in [1.29, 1.82) is 0 Å². The van der Waals surface area contributed by atoms with Crippen LogP contribution in [0.4, 0.5) is 5.69 Å². The molecular weight excluding hydrogens is 434 g/mol. The number of hydrogen-bond donors (Lipinski definition) is 2. The molecule has 0 bridgehead atoms. The minimum atomic E-state index is -0.297. The summed E-state index contributed by atoms with van der Waals surface area (Å²) in [4.78, 5) is 27.1. The summed E-state index contributed by atoms with van der Waals surface area (Å²) in [6.45, 7) is 6.59. The van der Waals surface area contributed by atoms with Crippen LogP contribution in [0, 0.1) is 5.92 Å². The van der Waals surface area contributed by atoms with E-state index in [-0.39, 0.29) is 16.9 Å². The molecule has 1 aliphatic rings. The Balaban J connectivity index is 1.48. The van der Waals surface area contributed by atoms with Gasteiger partial charge in [0.15, 0.2) is 5.11 Å². The average Bonchev–Trinajstić information content (AvgIpc) is 3.09. The van der Waals surface area contributed by atoms with Crippen molar-refractivity contribution in [3.05, 3.63) is 59.7 Å². The zero-order valence-corrected chi connectivity index (χ0v) is 20.2. The summed E-state index contributed by atoms with van der Waals surface area (Å²) < 4.78 is 5.69. The van der Waals surface area contributed by atoms with Gasteiger partial charge in [-0.05, 0) is 85.9 Å². The number of rotatable bonds is 7. The van der Waals surface area contributed by atoms with Gasteiger partial charge >= 0.3 is 0 Å². The highest BCUT2D eigenvalue weighted by Gasteiger charge is 2.17. The van der Waals surface area contributed by atoms with Crippen molar-refractivity contribution in [2.75, 3.05) is 25.0 Å². The van der Waals surface area contributed by atoms with Crippen LogP contribution in [0.3, 0.4) is 0 Å². The SMILES string of the molecule is CC(C)CCOc1ccc(C(=O)NC(=S)Nc2ccc(C(=O)N3CCCCCC3)cc2)cc1. The van der Waals surface area contributed by atoms with Gasteiger partial charge in [-0.2, -0.15) is 0 Å². The Morgan fingerprint density at radius 3 is 2.15 bits per heavy atom. The zero-order chi connectivity index (χ0) is 23.6. The maximum atomic E-state index is 12.7. The summed E-state index contributed by atoms with van der Waals surface area (Å²) in [6.07, 6.45) is 5.48. The quantitative estimate of drug-likeness (QED) is 0.544. The number of thiocarbonyl (C=S) groups is 1. The van der Waals surface area contributed by atoms with Crippen molar-refractivity contribution >= 4 is 34.8 Å². The molecule has 1 aliphatic heterocycles. The molecule has 0 saturated carbocycles. The normalized spacial score (nSPS) is 13.8. The molecule has 1 saturated heterocycles. The first-order valence-corrected chi connectivity index (χ1v) is 12.1. The highest BCUT2D eigenvalue weighted by Crippen LogP contribution is 2.16. The predicted octanol–water partition coefficient (Wildman–Crippen LogP) is 5.25. The second-order valence-corrected chi connectivity index (χ2v) is 9.16. The second-order valence-electron chi connectivity index (χ2n) is 8.75. The molecule has 6 nitrogen and oxygen atoms in total. The van der Waals surface area contributed by atoms with Crippen LogP contribution in [0.15, 0.2) is 48.5 Å². The molecule has 0 aromatic heterocycles. The first kappa shape index (κ1) is 24.7. The molecular formula is C26H33N3O3S. The number of amides is 2. The van der Waals surface area contributed by atoms with Crippen molar-refractivity contribution < 1.29 is 14.3 Å². The number of nitrogens with zero attached hydrogens (tertiary/aromatic N) is 1. The standard InChI is InChI=1S/C26H33N3O3S/c1-19(2)15-18-32-23-13-9-20(10-14-23)24(30)28-26(33)27-22-11-7-21(8-12-22)25(31)29-16-5-3-4-6-17-29/h7-14,19H,3-6,15-18H2,1-2H3,(H2,27,28,30,33). The Kier molecular flexibility index (Phi) is 9.24. The Labute approximate surface area is 201 Å². The van der Waals surface area contributed by atoms with Crippen LogP contribution < -0.4 is 15.4 Å². The van der Waals surface area contributed by atoms with Gasteiger partial charge in [-0.25, -0.2) is 0 Å². The number of ether oxygens (including phenoxy) is 1. The molecule has 2 aromatic rings. The van der Waals surface area contributed by atoms with Gasteiger partial charge in [0.25, 0.3) is 11.8 Å². The van der Waals surface area contributed by atoms with Gasteiger partial charge in [0.2, 0.25) is 0 Å². The maximum absolute atomic E-state index is 12.7. The van der Waals surface area contributed by atoms with Crippen LogP contribution in [-0.4, -0.2) is 41.5 Å². The van der Waals surface area contributed by atoms with Crippen LogP contribution in [-0.2, 0) is 0 Å². The summed E-state index contributed by atoms with van der Waals surface area (Å²) in [5.74, 6) is 1.09. The minimum absolute atomic E-state index is 0.0657. The first-order chi connectivity index (χ1) is 15.9. The van der Waals surface area contributed by atoms with E-state index in [1.807, 2.05) is 4.90 Å². The minimum Gasteiger partial charge on any atom is -0.494 e. The van der Waals surface area contributed by atoms with Crippen molar-refractivity contribution in [3.63, 3.8) is 0 Å². The Morgan fingerprint density at radius 2 is 1.55 bits per heavy atom. The van der Waals surface area contributed by atoms with E-state index >= 15 is 0 Å². The van der Waals surface area contributed by atoms with Crippen LogP contribution >= 0.6 is 12.2 Å². The first-order valence-electron chi connectivity index (χ1n) is 11.7. The molecule has 0 radical (unpaired) electrons. The molecule has 1 heterocycles. The van der Waals surface area contributed by atoms with Crippen LogP contribution in [0.5, 0.6) is 5.75 Å². The predicted molar refractivity (Wildman–Crippen MR) is 136 cm³/mol. The van der Waals surface area contributed by atoms with Gasteiger partial charge in [0.05, 0.1) is 6.61 Å². The van der Waals surface area contributed by atoms with Gasteiger partial charge in [-0.3, -0.25) is 14.9 Å². The second kappa shape index (κ2) is 12.3. The molecule has 0 aliphatic carbocycles. The van der Waals surface area contributed by atoms with Crippen LogP contribution in [0.2, 0.25) is 0 Å². The molecule has 2 N–H and O–H groups in total. The summed E-state index contributed by atoms with van der Waals surface area (Å²) in [6, 6.07) is 14.2. The topological polar surface area (TPSA) is 70.7 Å². The van der Waals surface area contributed by atoms with Crippen molar-refractivity contribution in [1.82, 2.24) is 10.2 Å². The number of carbonyl (C=O) groups is 2. The highest BCUT2D eigenvalue weighted by atomic mass is 32.1. The lowest BCUT2D eigenvalue weighted by atomic mass is 10.1. The maximum Gasteiger partial charge on any atom is 0.257 e. The van der Waals surface area contributed by atoms with E-state index in [2.05, 4.69) is 24.5 Å². The van der Waals surface area contributed by atoms with Gasteiger partial charge in [0, 0.05) is 29.9 Å². The molecule has 2 amide bonds. The number of carbonyl (C=O) groups excluding carboxylic acids is 2. The van der Waals surface area contributed by atoms with Crippen molar-refractivity contribution in [2.24, 2.45) is 5.92 Å². The summed E-state index contributed by atoms with van der Waals surface area (Å²) in [7, 11) is 0. The highest BCUT2D eigenvalue weighted by molar-refractivity contribution is 7.80. The van der Waals surface area contributed by atoms with E-state index in [4.69, 9.17) is 17.0 Å². The Hall–Kier alpha value is -2.93. The number of likely N-dealkylation sites (tertiary alicyclic amines) is 1. The summed E-state index contributed by atoms with van der Waals surface area (Å²) in [5, 5.41) is 5.88. The lowest BCUT2D eigenvalue weighted by Gasteiger charge is -2.20. The number of nitrogens with one attached hydrogen (secondary N) is 2. The van der Waals surface area contributed by atoms with E-state index in [1.54, 1.807) is 48.5 Å². The van der Waals surface area contributed by atoms with Gasteiger partial charge in [0.1, 0.15) is 5.75 Å². The third-order valence-corrected chi connectivity index (χ3v) is 5.79. The molecule has 176 valence electrons. The molecule has 7 heteroatoms. The largest absolute Gasteiger partial charge is 0.494 e. The molecule has 3 rings (SSSR count). The third kappa shape index (κ3) is 7.86. The number of benzene rings is 2. The molecule has 0 unspecified atom stereocenters. The fourth-order valence-electron chi connectivity index (χ4n) is 3.61. The average molecular weight is 468 g/mol. The monoisotopic (exact) mass is 467 g/mol. The van der Waals surface area contributed by atoms with Gasteiger partial charge in [-0.1, -0.05) is 26.7 Å². The van der Waals surface area contributed by atoms with Gasteiger partial charge in [-0.15, -0.1) is 0 Å². The van der Waals surface area contributed by atoms with Crippen LogP contribution in [0.1, 0.15) is 66.7 Å². The Morgan fingerprint density at radius 1 is 0.939 bits per heavy atom. The lowest BCUT2D eigenvalue weighted by molar-refractivity contribution is 0.0761. The molecule has 0 spiro atoms. The van der Waals surface area contributed by atoms with E-state index in [9.17, 15) is 9.59 Å². The third-order valence-electron chi connectivity index (χ3n) is 5.59. The fourth-order valence-corrected chi connectivity index (χ4v) is 3.82. The van der Waals surface area contributed by atoms with Crippen molar-refractivity contribution in [3.8, 4) is 5.75 Å². The van der Waals surface area contributed by atoms with E-state index in [0.717, 1.165) is 38.1 Å². The van der Waals surface area contributed by atoms with E-state index in [1.165, 1.54) is 12.8 Å². The fraction of sp³-hybridized carbons (Fsp3) is 0.423. The lowest BCUT2D eigenvalue weighted by Crippen LogP contribution is -2.34. The molecule has 33 heavy (non-hydrogen) atoms. The van der Waals surface area contributed by atoms with E-state index in [0.29, 0.717) is 29.3 Å². The summed E-state index contributed by atoms with van der Waals surface area (Å²) in [5.41, 5.74) is 1.86. The van der Waals surface area contributed by atoms with Gasteiger partial charge < -0.3 is 15.0 Å². The molecule has 2 aromatic carbocycles. The molecule has 0 atom stereocenters. The van der Waals surface area contributed by atoms with Crippen molar-refractivity contribution in [2.45, 2.75) is 46.0 Å². The zero-order valence-electron chi connectivity index (χ0n) is 19.4. The summed E-state index contributed by atoms with van der Waals surface area (Å²) >= 11 is 5.28. The smallest absolute Gasteiger partial charge is 0.257 e. The number of hydrogen-bond acceptors (Lipinski definition) is 4. The van der Waals surface area contributed by atoms with Crippen LogP contribution in [0.25, 0.3) is 0 Å². The number of anilines is 1. The van der Waals surface area contributed by atoms with E-state index < -0.39 is 0 Å². The molecule has 1 fully saturated rings.